The normalized spacial score (nSPS) is 12.7. The molecular formula is C23H32N2O4. The molecule has 1 unspecified atom stereocenters. The molecule has 0 radical (unpaired) electrons. The molecule has 0 spiro atoms. The lowest BCUT2D eigenvalue weighted by atomic mass is 10.0. The number of hydrogen-bond acceptors (Lipinski definition) is 6. The van der Waals surface area contributed by atoms with Gasteiger partial charge in [-0.2, -0.15) is 0 Å². The summed E-state index contributed by atoms with van der Waals surface area (Å²) in [6.07, 6.45) is 1.30. The van der Waals surface area contributed by atoms with Crippen LogP contribution < -0.4 is 5.32 Å². The topological polar surface area (TPSA) is 69.7 Å². The first-order valence-electron chi connectivity index (χ1n) is 10.0. The fraction of sp³-hybridized carbons (Fsp3) is 0.478. The van der Waals surface area contributed by atoms with Gasteiger partial charge < -0.3 is 19.5 Å². The van der Waals surface area contributed by atoms with Gasteiger partial charge in [-0.15, -0.1) is 0 Å². The number of carbonyl (C=O) groups excluding carboxylic acids is 1. The van der Waals surface area contributed by atoms with Gasteiger partial charge in [0, 0.05) is 18.9 Å². The van der Waals surface area contributed by atoms with E-state index in [-0.39, 0.29) is 11.9 Å². The van der Waals surface area contributed by atoms with E-state index in [1.165, 1.54) is 0 Å². The Morgan fingerprint density at radius 1 is 1.00 bits per heavy atom. The molecule has 1 heterocycles. The van der Waals surface area contributed by atoms with Crippen molar-refractivity contribution in [2.24, 2.45) is 0 Å². The van der Waals surface area contributed by atoms with E-state index in [0.29, 0.717) is 13.2 Å². The van der Waals surface area contributed by atoms with Crippen molar-refractivity contribution in [3.63, 3.8) is 0 Å². The van der Waals surface area contributed by atoms with Crippen molar-refractivity contribution in [1.82, 2.24) is 4.98 Å². The Hall–Kier alpha value is -2.44. The Bertz CT molecular complexity index is 761. The van der Waals surface area contributed by atoms with E-state index < -0.39 is 11.9 Å². The quantitative estimate of drug-likeness (QED) is 0.452. The molecule has 1 N–H and O–H groups in total. The molecule has 2 aromatic rings. The highest BCUT2D eigenvalue weighted by molar-refractivity contribution is 5.78. The molecule has 29 heavy (non-hydrogen) atoms. The summed E-state index contributed by atoms with van der Waals surface area (Å²) in [4.78, 5) is 16.7. The summed E-state index contributed by atoms with van der Waals surface area (Å²) in [6.45, 7) is 12.4. The van der Waals surface area contributed by atoms with Crippen LogP contribution in [0.1, 0.15) is 65.0 Å². The summed E-state index contributed by atoms with van der Waals surface area (Å²) in [5, 5.41) is 3.31. The summed E-state index contributed by atoms with van der Waals surface area (Å²) in [7, 11) is 0. The third kappa shape index (κ3) is 7.15. The van der Waals surface area contributed by atoms with Crippen molar-refractivity contribution in [3.8, 4) is 0 Å². The average molecular weight is 401 g/mol. The molecule has 0 saturated carbocycles. The number of benzene rings is 1. The zero-order chi connectivity index (χ0) is 21.4. The van der Waals surface area contributed by atoms with Crippen molar-refractivity contribution >= 4 is 17.3 Å². The maximum Gasteiger partial charge on any atom is 0.313 e. The number of nitrogens with zero attached hydrogens (tertiary/aromatic N) is 1. The van der Waals surface area contributed by atoms with Crippen molar-refractivity contribution in [1.29, 1.82) is 0 Å². The highest BCUT2D eigenvalue weighted by Crippen LogP contribution is 2.24. The minimum atomic E-state index is -0.491. The zero-order valence-electron chi connectivity index (χ0n) is 18.2. The van der Waals surface area contributed by atoms with Gasteiger partial charge in [-0.25, -0.2) is 0 Å². The lowest BCUT2D eigenvalue weighted by molar-refractivity contribution is -0.156. The molecule has 0 aliphatic rings. The lowest BCUT2D eigenvalue weighted by Gasteiger charge is -2.22. The second kappa shape index (κ2) is 10.4. The van der Waals surface area contributed by atoms with Crippen LogP contribution in [0, 0.1) is 0 Å². The minimum Gasteiger partial charge on any atom is -0.460 e. The van der Waals surface area contributed by atoms with Crippen LogP contribution in [0.4, 0.5) is 11.4 Å². The molecular weight excluding hydrogens is 368 g/mol. The van der Waals surface area contributed by atoms with Crippen LogP contribution in [-0.4, -0.2) is 29.8 Å². The number of hydrogen-bond donors (Lipinski definition) is 1. The third-order valence-corrected chi connectivity index (χ3v) is 4.12. The van der Waals surface area contributed by atoms with Gasteiger partial charge in [-0.3, -0.25) is 9.78 Å². The summed E-state index contributed by atoms with van der Waals surface area (Å²) >= 11 is 0. The first kappa shape index (κ1) is 22.8. The van der Waals surface area contributed by atoms with Gasteiger partial charge in [0.1, 0.15) is 5.60 Å². The van der Waals surface area contributed by atoms with Crippen molar-refractivity contribution < 1.29 is 19.0 Å². The second-order valence-corrected chi connectivity index (χ2v) is 7.72. The largest absolute Gasteiger partial charge is 0.460 e. The molecule has 2 rings (SSSR count). The highest BCUT2D eigenvalue weighted by atomic mass is 16.7. The second-order valence-electron chi connectivity index (χ2n) is 7.72. The zero-order valence-corrected chi connectivity index (χ0v) is 18.2. The molecule has 0 aliphatic carbocycles. The summed E-state index contributed by atoms with van der Waals surface area (Å²) in [5.41, 5.74) is 2.92. The predicted molar refractivity (Wildman–Crippen MR) is 114 cm³/mol. The van der Waals surface area contributed by atoms with Gasteiger partial charge in [0.15, 0.2) is 0 Å². The molecule has 1 aromatic carbocycles. The van der Waals surface area contributed by atoms with E-state index in [1.807, 2.05) is 77.9 Å². The fourth-order valence-corrected chi connectivity index (χ4v) is 2.69. The molecule has 1 aromatic heterocycles. The Kier molecular flexibility index (Phi) is 8.17. The molecule has 6 heteroatoms. The molecule has 0 amide bonds. The number of ether oxygens (including phenoxy) is 3. The molecule has 0 fully saturated rings. The van der Waals surface area contributed by atoms with Crippen LogP contribution in [-0.2, 0) is 19.0 Å². The Balaban J connectivity index is 2.01. The van der Waals surface area contributed by atoms with Crippen LogP contribution in [0.25, 0.3) is 0 Å². The standard InChI is InChI=1S/C23H32N2O4/c1-7-27-22(28-8-2)20-14-13-19(15-24-20)25-18-11-9-17(10-12-18)16(3)21(26)29-23(4,5)6/h9-16,22,25H,7-8H2,1-6H3. The number of anilines is 2. The summed E-state index contributed by atoms with van der Waals surface area (Å²) < 4.78 is 16.6. The first-order valence-corrected chi connectivity index (χ1v) is 10.0. The number of carbonyl (C=O) groups is 1. The van der Waals surface area contributed by atoms with Gasteiger partial charge in [-0.1, -0.05) is 12.1 Å². The molecule has 6 nitrogen and oxygen atoms in total. The maximum atomic E-state index is 12.2. The van der Waals surface area contributed by atoms with Crippen molar-refractivity contribution in [3.05, 3.63) is 53.9 Å². The van der Waals surface area contributed by atoms with Gasteiger partial charge in [-0.05, 0) is 71.4 Å². The smallest absolute Gasteiger partial charge is 0.313 e. The van der Waals surface area contributed by atoms with Gasteiger partial charge in [0.25, 0.3) is 0 Å². The molecule has 0 aliphatic heterocycles. The predicted octanol–water partition coefficient (Wildman–Crippen LogP) is 5.34. The van der Waals surface area contributed by atoms with E-state index in [1.54, 1.807) is 6.20 Å². The van der Waals surface area contributed by atoms with E-state index in [0.717, 1.165) is 22.6 Å². The van der Waals surface area contributed by atoms with Gasteiger partial charge in [0.2, 0.25) is 6.29 Å². The van der Waals surface area contributed by atoms with Crippen LogP contribution in [0.2, 0.25) is 0 Å². The Morgan fingerprint density at radius 2 is 1.59 bits per heavy atom. The molecule has 0 saturated heterocycles. The number of aromatic nitrogens is 1. The minimum absolute atomic E-state index is 0.226. The van der Waals surface area contributed by atoms with E-state index in [4.69, 9.17) is 14.2 Å². The SMILES string of the molecule is CCOC(OCC)c1ccc(Nc2ccc(C(C)C(=O)OC(C)(C)C)cc2)cn1. The number of nitrogens with one attached hydrogen (secondary N) is 1. The van der Waals surface area contributed by atoms with E-state index in [9.17, 15) is 4.79 Å². The van der Waals surface area contributed by atoms with Gasteiger partial charge in [0.05, 0.1) is 23.5 Å². The maximum absolute atomic E-state index is 12.2. The van der Waals surface area contributed by atoms with Crippen molar-refractivity contribution in [2.75, 3.05) is 18.5 Å². The van der Waals surface area contributed by atoms with Crippen LogP contribution >= 0.6 is 0 Å². The van der Waals surface area contributed by atoms with Crippen LogP contribution in [0.15, 0.2) is 42.6 Å². The monoisotopic (exact) mass is 400 g/mol. The number of pyridine rings is 1. The molecule has 158 valence electrons. The lowest BCUT2D eigenvalue weighted by Crippen LogP contribution is -2.26. The highest BCUT2D eigenvalue weighted by Gasteiger charge is 2.22. The van der Waals surface area contributed by atoms with E-state index >= 15 is 0 Å². The summed E-state index contributed by atoms with van der Waals surface area (Å²) in [6, 6.07) is 11.6. The average Bonchev–Trinajstić information content (AvgIpc) is 2.67. The number of rotatable bonds is 9. The third-order valence-electron chi connectivity index (χ3n) is 4.12. The van der Waals surface area contributed by atoms with Crippen molar-refractivity contribution in [2.45, 2.75) is 59.4 Å². The number of esters is 1. The van der Waals surface area contributed by atoms with Crippen LogP contribution in [0.3, 0.4) is 0 Å². The molecule has 0 bridgehead atoms. The first-order chi connectivity index (χ1) is 13.7. The van der Waals surface area contributed by atoms with Gasteiger partial charge >= 0.3 is 5.97 Å². The fourth-order valence-electron chi connectivity index (χ4n) is 2.69. The summed E-state index contributed by atoms with van der Waals surface area (Å²) in [5.74, 6) is -0.547. The Labute approximate surface area is 173 Å². The Morgan fingerprint density at radius 3 is 2.07 bits per heavy atom. The van der Waals surface area contributed by atoms with E-state index in [2.05, 4.69) is 10.3 Å². The molecule has 1 atom stereocenters. The van der Waals surface area contributed by atoms with Crippen LogP contribution in [0.5, 0.6) is 0 Å².